The Kier molecular flexibility index (Phi) is 3.79. The molecule has 14 heavy (non-hydrogen) atoms. The molecule has 3 nitrogen and oxygen atoms in total. The standard InChI is InChI=1S/C11H21NO2/c13-6-10-4-2-1-3-9(10)5-12-11-7-14-8-11/h9-13H,1-8H2. The number of rotatable bonds is 4. The zero-order valence-corrected chi connectivity index (χ0v) is 8.74. The number of hydrogen-bond donors (Lipinski definition) is 2. The lowest BCUT2D eigenvalue weighted by atomic mass is 9.79. The van der Waals surface area contributed by atoms with Gasteiger partial charge in [-0.05, 0) is 31.2 Å². The summed E-state index contributed by atoms with van der Waals surface area (Å²) in [4.78, 5) is 0. The Morgan fingerprint density at radius 2 is 1.86 bits per heavy atom. The zero-order valence-electron chi connectivity index (χ0n) is 8.74. The monoisotopic (exact) mass is 199 g/mol. The van der Waals surface area contributed by atoms with E-state index in [1.54, 1.807) is 0 Å². The maximum absolute atomic E-state index is 9.25. The van der Waals surface area contributed by atoms with Crippen LogP contribution < -0.4 is 5.32 Å². The Morgan fingerprint density at radius 3 is 2.43 bits per heavy atom. The SMILES string of the molecule is OCC1CCCCC1CNC1COC1. The molecule has 1 saturated heterocycles. The summed E-state index contributed by atoms with van der Waals surface area (Å²) < 4.78 is 5.12. The van der Waals surface area contributed by atoms with Crippen LogP contribution in [0.1, 0.15) is 25.7 Å². The van der Waals surface area contributed by atoms with Crippen LogP contribution in [0.5, 0.6) is 0 Å². The highest BCUT2D eigenvalue weighted by atomic mass is 16.5. The van der Waals surface area contributed by atoms with Gasteiger partial charge in [0, 0.05) is 6.61 Å². The highest BCUT2D eigenvalue weighted by Gasteiger charge is 2.26. The second kappa shape index (κ2) is 5.10. The van der Waals surface area contributed by atoms with Crippen molar-refractivity contribution in [2.24, 2.45) is 11.8 Å². The van der Waals surface area contributed by atoms with Gasteiger partial charge in [-0.3, -0.25) is 0 Å². The summed E-state index contributed by atoms with van der Waals surface area (Å²) in [5.41, 5.74) is 0. The number of ether oxygens (including phenoxy) is 1. The van der Waals surface area contributed by atoms with E-state index in [4.69, 9.17) is 4.74 Å². The third-order valence-corrected chi connectivity index (χ3v) is 3.61. The van der Waals surface area contributed by atoms with E-state index < -0.39 is 0 Å². The highest BCUT2D eigenvalue weighted by Crippen LogP contribution is 2.29. The average molecular weight is 199 g/mol. The summed E-state index contributed by atoms with van der Waals surface area (Å²) in [6, 6.07) is 0.580. The molecule has 2 N–H and O–H groups in total. The van der Waals surface area contributed by atoms with Gasteiger partial charge >= 0.3 is 0 Å². The van der Waals surface area contributed by atoms with Crippen molar-refractivity contribution in [2.45, 2.75) is 31.7 Å². The molecule has 1 heterocycles. The van der Waals surface area contributed by atoms with Gasteiger partial charge in [0.25, 0.3) is 0 Å². The van der Waals surface area contributed by atoms with E-state index in [1.807, 2.05) is 0 Å². The summed E-state index contributed by atoms with van der Waals surface area (Å²) in [5, 5.41) is 12.8. The van der Waals surface area contributed by atoms with Crippen LogP contribution in [0.3, 0.4) is 0 Å². The van der Waals surface area contributed by atoms with Gasteiger partial charge in [-0.1, -0.05) is 12.8 Å². The maximum Gasteiger partial charge on any atom is 0.0643 e. The molecule has 0 aromatic rings. The molecule has 0 radical (unpaired) electrons. The van der Waals surface area contributed by atoms with Crippen LogP contribution in [0.25, 0.3) is 0 Å². The molecule has 2 atom stereocenters. The molecular formula is C11H21NO2. The minimum atomic E-state index is 0.369. The number of nitrogens with one attached hydrogen (secondary N) is 1. The van der Waals surface area contributed by atoms with Gasteiger partial charge < -0.3 is 15.2 Å². The lowest BCUT2D eigenvalue weighted by molar-refractivity contribution is -0.00929. The Balaban J connectivity index is 1.70. The fourth-order valence-electron chi connectivity index (χ4n) is 2.47. The van der Waals surface area contributed by atoms with Gasteiger partial charge in [-0.15, -0.1) is 0 Å². The highest BCUT2D eigenvalue weighted by molar-refractivity contribution is 4.80. The van der Waals surface area contributed by atoms with Crippen LogP contribution in [0.2, 0.25) is 0 Å². The predicted octanol–water partition coefficient (Wildman–Crippen LogP) is 0.773. The Bertz CT molecular complexity index is 171. The van der Waals surface area contributed by atoms with Crippen molar-refractivity contribution in [3.8, 4) is 0 Å². The largest absolute Gasteiger partial charge is 0.396 e. The first-order valence-corrected chi connectivity index (χ1v) is 5.82. The van der Waals surface area contributed by atoms with Gasteiger partial charge in [0.05, 0.1) is 19.3 Å². The maximum atomic E-state index is 9.25. The van der Waals surface area contributed by atoms with Crippen molar-refractivity contribution < 1.29 is 9.84 Å². The second-order valence-electron chi connectivity index (χ2n) is 4.63. The Labute approximate surface area is 85.8 Å². The van der Waals surface area contributed by atoms with E-state index in [0.29, 0.717) is 24.5 Å². The van der Waals surface area contributed by atoms with Crippen molar-refractivity contribution >= 4 is 0 Å². The van der Waals surface area contributed by atoms with Crippen LogP contribution in [0, 0.1) is 11.8 Å². The molecule has 0 bridgehead atoms. The average Bonchev–Trinajstić information content (AvgIpc) is 2.16. The van der Waals surface area contributed by atoms with Crippen LogP contribution in [-0.4, -0.2) is 37.5 Å². The number of hydrogen-bond acceptors (Lipinski definition) is 3. The molecule has 3 heteroatoms. The molecule has 0 aromatic carbocycles. The predicted molar refractivity (Wildman–Crippen MR) is 55.1 cm³/mol. The van der Waals surface area contributed by atoms with E-state index in [9.17, 15) is 5.11 Å². The Morgan fingerprint density at radius 1 is 1.14 bits per heavy atom. The summed E-state index contributed by atoms with van der Waals surface area (Å²) in [5.74, 6) is 1.23. The first-order chi connectivity index (χ1) is 6.90. The lowest BCUT2D eigenvalue weighted by Gasteiger charge is -2.34. The molecule has 2 aliphatic rings. The molecule has 0 amide bonds. The number of aliphatic hydroxyl groups excluding tert-OH is 1. The summed E-state index contributed by atoms with van der Waals surface area (Å²) in [6.07, 6.45) is 5.13. The quantitative estimate of drug-likeness (QED) is 0.703. The van der Waals surface area contributed by atoms with Gasteiger partial charge in [0.1, 0.15) is 0 Å². The van der Waals surface area contributed by atoms with Gasteiger partial charge in [0.15, 0.2) is 0 Å². The van der Waals surface area contributed by atoms with Crippen molar-refractivity contribution in [2.75, 3.05) is 26.4 Å². The fourth-order valence-corrected chi connectivity index (χ4v) is 2.47. The third kappa shape index (κ3) is 2.47. The molecule has 0 spiro atoms. The molecule has 2 fully saturated rings. The molecular weight excluding hydrogens is 178 g/mol. The first-order valence-electron chi connectivity index (χ1n) is 5.82. The smallest absolute Gasteiger partial charge is 0.0643 e. The van der Waals surface area contributed by atoms with Gasteiger partial charge in [-0.2, -0.15) is 0 Å². The van der Waals surface area contributed by atoms with Crippen molar-refractivity contribution in [3.63, 3.8) is 0 Å². The van der Waals surface area contributed by atoms with E-state index in [1.165, 1.54) is 25.7 Å². The van der Waals surface area contributed by atoms with Crippen LogP contribution >= 0.6 is 0 Å². The molecule has 1 aliphatic carbocycles. The van der Waals surface area contributed by atoms with Gasteiger partial charge in [-0.25, -0.2) is 0 Å². The fraction of sp³-hybridized carbons (Fsp3) is 1.00. The minimum Gasteiger partial charge on any atom is -0.396 e. The van der Waals surface area contributed by atoms with Crippen LogP contribution in [-0.2, 0) is 4.74 Å². The molecule has 1 saturated carbocycles. The molecule has 2 unspecified atom stereocenters. The topological polar surface area (TPSA) is 41.5 Å². The molecule has 0 aromatic heterocycles. The van der Waals surface area contributed by atoms with E-state index in [0.717, 1.165) is 19.8 Å². The minimum absolute atomic E-state index is 0.369. The van der Waals surface area contributed by atoms with Crippen molar-refractivity contribution in [1.82, 2.24) is 5.32 Å². The number of aliphatic hydroxyl groups is 1. The van der Waals surface area contributed by atoms with Crippen LogP contribution in [0.15, 0.2) is 0 Å². The van der Waals surface area contributed by atoms with Gasteiger partial charge in [0.2, 0.25) is 0 Å². The van der Waals surface area contributed by atoms with Crippen molar-refractivity contribution in [3.05, 3.63) is 0 Å². The normalized spacial score (nSPS) is 34.1. The Hall–Kier alpha value is -0.120. The van der Waals surface area contributed by atoms with E-state index in [2.05, 4.69) is 5.32 Å². The summed E-state index contributed by atoms with van der Waals surface area (Å²) in [6.45, 7) is 3.18. The third-order valence-electron chi connectivity index (χ3n) is 3.61. The van der Waals surface area contributed by atoms with E-state index in [-0.39, 0.29) is 0 Å². The van der Waals surface area contributed by atoms with Crippen LogP contribution in [0.4, 0.5) is 0 Å². The lowest BCUT2D eigenvalue weighted by Crippen LogP contribution is -2.48. The molecule has 1 aliphatic heterocycles. The summed E-state index contributed by atoms with van der Waals surface area (Å²) in [7, 11) is 0. The van der Waals surface area contributed by atoms with Crippen molar-refractivity contribution in [1.29, 1.82) is 0 Å². The molecule has 2 rings (SSSR count). The second-order valence-corrected chi connectivity index (χ2v) is 4.63. The zero-order chi connectivity index (χ0) is 9.80. The molecule has 82 valence electrons. The first kappa shape index (κ1) is 10.4. The van der Waals surface area contributed by atoms with E-state index >= 15 is 0 Å². The summed E-state index contributed by atoms with van der Waals surface area (Å²) >= 11 is 0.